The van der Waals surface area contributed by atoms with Gasteiger partial charge in [0.15, 0.2) is 0 Å². The van der Waals surface area contributed by atoms with Crippen LogP contribution in [0.25, 0.3) is 6.08 Å². The van der Waals surface area contributed by atoms with E-state index < -0.39 is 34.9 Å². The Morgan fingerprint density at radius 2 is 1.82 bits per heavy atom. The zero-order chi connectivity index (χ0) is 24.9. The summed E-state index contributed by atoms with van der Waals surface area (Å²) in [5, 5.41) is 5.53. The first-order chi connectivity index (χ1) is 16.1. The van der Waals surface area contributed by atoms with Crippen LogP contribution in [0.3, 0.4) is 0 Å². The van der Waals surface area contributed by atoms with E-state index >= 15 is 0 Å². The van der Waals surface area contributed by atoms with Crippen LogP contribution in [0.4, 0.5) is 24.5 Å². The molecule has 2 aromatic carbocycles. The van der Waals surface area contributed by atoms with Crippen molar-refractivity contribution in [2.75, 3.05) is 17.7 Å². The van der Waals surface area contributed by atoms with E-state index in [1.54, 1.807) is 24.3 Å². The van der Waals surface area contributed by atoms with E-state index in [1.807, 2.05) is 0 Å². The van der Waals surface area contributed by atoms with E-state index in [2.05, 4.69) is 15.4 Å². The molecular formula is C23H16ClF3N2O5. The highest BCUT2D eigenvalue weighted by Gasteiger charge is 2.31. The number of hydrogen-bond acceptors (Lipinski definition) is 6. The van der Waals surface area contributed by atoms with E-state index in [-0.39, 0.29) is 16.9 Å². The molecule has 0 aliphatic heterocycles. The van der Waals surface area contributed by atoms with Crippen LogP contribution in [0.2, 0.25) is 5.02 Å². The second kappa shape index (κ2) is 10.3. The zero-order valence-corrected chi connectivity index (χ0v) is 18.2. The largest absolute Gasteiger partial charge is 0.465 e. The molecule has 0 spiro atoms. The molecule has 0 fully saturated rings. The standard InChI is InChI=1S/C23H16ClF3N2O5/c1-33-21(31)17-12-18(29-20(30)13-4-2-5-14(10-13)23(25,26)27)22(32)34-19(17)8-9-28-16-7-3-6-15(24)11-16/h2-12,28H,1H3,(H,29,30). The van der Waals surface area contributed by atoms with Crippen LogP contribution in [0.15, 0.2) is 70.0 Å². The van der Waals surface area contributed by atoms with Gasteiger partial charge in [0.05, 0.1) is 12.7 Å². The number of esters is 1. The molecule has 0 radical (unpaired) electrons. The summed E-state index contributed by atoms with van der Waals surface area (Å²) in [6.45, 7) is 0. The highest BCUT2D eigenvalue weighted by molar-refractivity contribution is 6.30. The van der Waals surface area contributed by atoms with Crippen molar-refractivity contribution in [3.05, 3.63) is 98.7 Å². The number of halogens is 4. The van der Waals surface area contributed by atoms with E-state index in [1.165, 1.54) is 12.3 Å². The molecule has 0 saturated heterocycles. The minimum Gasteiger partial charge on any atom is -0.465 e. The maximum absolute atomic E-state index is 12.9. The summed E-state index contributed by atoms with van der Waals surface area (Å²) < 4.78 is 48.6. The lowest BCUT2D eigenvalue weighted by atomic mass is 10.1. The number of nitrogens with one attached hydrogen (secondary N) is 2. The van der Waals surface area contributed by atoms with Gasteiger partial charge in [-0.15, -0.1) is 0 Å². The second-order valence-corrected chi connectivity index (χ2v) is 7.17. The summed E-state index contributed by atoms with van der Waals surface area (Å²) in [7, 11) is 1.10. The average Bonchev–Trinajstić information content (AvgIpc) is 2.79. The first-order valence-electron chi connectivity index (χ1n) is 9.52. The maximum atomic E-state index is 12.9. The van der Waals surface area contributed by atoms with Crippen molar-refractivity contribution in [1.82, 2.24) is 0 Å². The molecule has 0 atom stereocenters. The van der Waals surface area contributed by atoms with E-state index in [4.69, 9.17) is 16.0 Å². The van der Waals surface area contributed by atoms with E-state index in [0.29, 0.717) is 16.8 Å². The smallest absolute Gasteiger partial charge is 0.416 e. The minimum absolute atomic E-state index is 0.177. The molecule has 0 aliphatic rings. The van der Waals surface area contributed by atoms with Gasteiger partial charge >= 0.3 is 17.8 Å². The number of ether oxygens (including phenoxy) is 1. The Bertz CT molecular complexity index is 1320. The molecule has 1 heterocycles. The molecule has 1 amide bonds. The fourth-order valence-electron chi connectivity index (χ4n) is 2.79. The normalized spacial score (nSPS) is 11.3. The lowest BCUT2D eigenvalue weighted by Crippen LogP contribution is -2.20. The lowest BCUT2D eigenvalue weighted by Gasteiger charge is -2.10. The predicted molar refractivity (Wildman–Crippen MR) is 120 cm³/mol. The van der Waals surface area contributed by atoms with Crippen molar-refractivity contribution in [3.63, 3.8) is 0 Å². The van der Waals surface area contributed by atoms with Crippen LogP contribution in [-0.2, 0) is 10.9 Å². The number of methoxy groups -OCH3 is 1. The second-order valence-electron chi connectivity index (χ2n) is 6.74. The van der Waals surface area contributed by atoms with Crippen molar-refractivity contribution >= 4 is 40.9 Å². The van der Waals surface area contributed by atoms with Crippen LogP contribution in [0.5, 0.6) is 0 Å². The average molecular weight is 493 g/mol. The molecule has 3 rings (SSSR count). The molecule has 34 heavy (non-hydrogen) atoms. The van der Waals surface area contributed by atoms with Gasteiger partial charge in [-0.2, -0.15) is 13.2 Å². The summed E-state index contributed by atoms with van der Waals surface area (Å²) in [5.74, 6) is -2.05. The van der Waals surface area contributed by atoms with Gasteiger partial charge in [-0.1, -0.05) is 23.7 Å². The highest BCUT2D eigenvalue weighted by atomic mass is 35.5. The molecule has 2 N–H and O–H groups in total. The Kier molecular flexibility index (Phi) is 7.42. The van der Waals surface area contributed by atoms with Crippen LogP contribution >= 0.6 is 11.6 Å². The number of alkyl halides is 3. The molecule has 176 valence electrons. The first-order valence-corrected chi connectivity index (χ1v) is 9.90. The fraction of sp³-hybridized carbons (Fsp3) is 0.0870. The Balaban J connectivity index is 1.88. The van der Waals surface area contributed by atoms with Crippen molar-refractivity contribution < 1.29 is 31.9 Å². The van der Waals surface area contributed by atoms with Gasteiger partial charge in [0.2, 0.25) is 0 Å². The summed E-state index contributed by atoms with van der Waals surface area (Å²) in [6.07, 6.45) is -1.98. The van der Waals surface area contributed by atoms with Crippen LogP contribution in [0, 0.1) is 0 Å². The third kappa shape index (κ3) is 6.04. The Labute approximate surface area is 195 Å². The van der Waals surface area contributed by atoms with Gasteiger partial charge in [-0.05, 0) is 48.5 Å². The third-order valence-electron chi connectivity index (χ3n) is 4.39. The fourth-order valence-corrected chi connectivity index (χ4v) is 2.98. The Morgan fingerprint density at radius 3 is 2.50 bits per heavy atom. The van der Waals surface area contributed by atoms with E-state index in [0.717, 1.165) is 31.4 Å². The molecule has 1 aromatic heterocycles. The summed E-state index contributed by atoms with van der Waals surface area (Å²) in [4.78, 5) is 37.0. The molecular weight excluding hydrogens is 477 g/mol. The number of benzene rings is 2. The van der Waals surface area contributed by atoms with Crippen LogP contribution < -0.4 is 16.3 Å². The zero-order valence-electron chi connectivity index (χ0n) is 17.4. The molecule has 0 bridgehead atoms. The van der Waals surface area contributed by atoms with Crippen LogP contribution in [-0.4, -0.2) is 19.0 Å². The van der Waals surface area contributed by atoms with Gasteiger partial charge in [0.25, 0.3) is 5.91 Å². The van der Waals surface area contributed by atoms with Crippen molar-refractivity contribution in [2.45, 2.75) is 6.18 Å². The number of rotatable bonds is 6. The van der Waals surface area contributed by atoms with E-state index in [9.17, 15) is 27.6 Å². The number of carbonyl (C=O) groups is 2. The van der Waals surface area contributed by atoms with Gasteiger partial charge in [-0.3, -0.25) is 4.79 Å². The third-order valence-corrected chi connectivity index (χ3v) is 4.63. The topological polar surface area (TPSA) is 97.6 Å². The predicted octanol–water partition coefficient (Wildman–Crippen LogP) is 5.43. The van der Waals surface area contributed by atoms with Crippen molar-refractivity contribution in [3.8, 4) is 0 Å². The summed E-state index contributed by atoms with van der Waals surface area (Å²) >= 11 is 5.91. The van der Waals surface area contributed by atoms with Gasteiger partial charge in [0, 0.05) is 22.5 Å². The maximum Gasteiger partial charge on any atom is 0.416 e. The highest BCUT2D eigenvalue weighted by Crippen LogP contribution is 2.29. The Morgan fingerprint density at radius 1 is 1.09 bits per heavy atom. The number of carbonyl (C=O) groups excluding carboxylic acids is 2. The molecule has 0 unspecified atom stereocenters. The number of hydrogen-bond donors (Lipinski definition) is 2. The van der Waals surface area contributed by atoms with Gasteiger partial charge < -0.3 is 19.8 Å². The lowest BCUT2D eigenvalue weighted by molar-refractivity contribution is -0.137. The molecule has 11 heteroatoms. The molecule has 0 aliphatic carbocycles. The first kappa shape index (κ1) is 24.6. The summed E-state index contributed by atoms with van der Waals surface area (Å²) in [6, 6.07) is 11.4. The monoisotopic (exact) mass is 492 g/mol. The molecule has 3 aromatic rings. The number of anilines is 2. The van der Waals surface area contributed by atoms with Crippen molar-refractivity contribution in [2.24, 2.45) is 0 Å². The number of amides is 1. The van der Waals surface area contributed by atoms with Crippen molar-refractivity contribution in [1.29, 1.82) is 0 Å². The van der Waals surface area contributed by atoms with Crippen LogP contribution in [0.1, 0.15) is 32.0 Å². The Hall–Kier alpha value is -4.05. The molecule has 0 saturated carbocycles. The quantitative estimate of drug-likeness (QED) is 0.445. The summed E-state index contributed by atoms with van der Waals surface area (Å²) in [5.41, 5.74) is -2.45. The minimum atomic E-state index is -4.65. The van der Waals surface area contributed by atoms with Gasteiger partial charge in [0.1, 0.15) is 17.0 Å². The SMILES string of the molecule is COC(=O)c1cc(NC(=O)c2cccc(C(F)(F)F)c2)c(=O)oc1C=CNc1cccc(Cl)c1. The molecule has 7 nitrogen and oxygen atoms in total. The van der Waals surface area contributed by atoms with Gasteiger partial charge in [-0.25, -0.2) is 9.59 Å².